The number of carbonyl (C=O) groups excluding carboxylic acids is 3. The third kappa shape index (κ3) is 6.72. The van der Waals surface area contributed by atoms with Gasteiger partial charge in [-0.2, -0.15) is 0 Å². The summed E-state index contributed by atoms with van der Waals surface area (Å²) >= 11 is 3.38. The average molecular weight is 533 g/mol. The third-order valence-electron chi connectivity index (χ3n) is 5.76. The van der Waals surface area contributed by atoms with Crippen molar-refractivity contribution in [3.63, 3.8) is 0 Å². The van der Waals surface area contributed by atoms with Gasteiger partial charge in [0.15, 0.2) is 18.1 Å². The first-order valence-electron chi connectivity index (χ1n) is 11.0. The lowest BCUT2D eigenvalue weighted by Gasteiger charge is -2.17. The number of rotatable bonds is 10. The predicted molar refractivity (Wildman–Crippen MR) is 130 cm³/mol. The molecule has 34 heavy (non-hydrogen) atoms. The Morgan fingerprint density at radius 3 is 2.50 bits per heavy atom. The molecule has 1 fully saturated rings. The number of hydrogen-bond donors (Lipinski definition) is 1. The van der Waals surface area contributed by atoms with Crippen molar-refractivity contribution in [2.45, 2.75) is 25.8 Å². The van der Waals surface area contributed by atoms with Crippen LogP contribution in [0.4, 0.5) is 0 Å². The van der Waals surface area contributed by atoms with Crippen molar-refractivity contribution < 1.29 is 28.6 Å². The summed E-state index contributed by atoms with van der Waals surface area (Å²) in [4.78, 5) is 38.7. The van der Waals surface area contributed by atoms with Crippen LogP contribution in [-0.4, -0.2) is 56.6 Å². The van der Waals surface area contributed by atoms with E-state index in [0.29, 0.717) is 24.5 Å². The maximum Gasteiger partial charge on any atom is 0.311 e. The van der Waals surface area contributed by atoms with E-state index in [1.54, 1.807) is 19.1 Å². The number of likely N-dealkylation sites (tertiary alicyclic amines) is 1. The fourth-order valence-corrected chi connectivity index (χ4v) is 4.08. The van der Waals surface area contributed by atoms with E-state index in [1.165, 1.54) is 0 Å². The Kier molecular flexibility index (Phi) is 8.92. The number of esters is 1. The van der Waals surface area contributed by atoms with E-state index in [0.717, 1.165) is 15.6 Å². The molecule has 8 nitrogen and oxygen atoms in total. The molecule has 0 saturated carbocycles. The molecule has 2 aromatic rings. The minimum Gasteiger partial charge on any atom is -0.493 e. The van der Waals surface area contributed by atoms with E-state index < -0.39 is 17.8 Å². The summed E-state index contributed by atoms with van der Waals surface area (Å²) < 4.78 is 16.7. The van der Waals surface area contributed by atoms with E-state index in [-0.39, 0.29) is 31.5 Å². The van der Waals surface area contributed by atoms with Gasteiger partial charge in [-0.25, -0.2) is 0 Å². The number of carbonyl (C=O) groups is 3. The normalized spacial score (nSPS) is 16.2. The Bertz CT molecular complexity index is 1030. The molecule has 2 amide bonds. The number of nitrogens with one attached hydrogen (secondary N) is 1. The molecule has 0 aromatic heterocycles. The van der Waals surface area contributed by atoms with E-state index in [9.17, 15) is 14.4 Å². The monoisotopic (exact) mass is 532 g/mol. The van der Waals surface area contributed by atoms with Crippen molar-refractivity contribution in [2.24, 2.45) is 5.92 Å². The fourth-order valence-electron chi connectivity index (χ4n) is 3.82. The zero-order chi connectivity index (χ0) is 24.7. The summed E-state index contributed by atoms with van der Waals surface area (Å²) in [6.07, 6.45) is 0.700. The number of ether oxygens (including phenoxy) is 3. The van der Waals surface area contributed by atoms with Crippen molar-refractivity contribution in [1.82, 2.24) is 10.2 Å². The topological polar surface area (TPSA) is 94.2 Å². The number of nitrogens with zero attached hydrogens (tertiary/aromatic N) is 1. The zero-order valence-corrected chi connectivity index (χ0v) is 21.1. The van der Waals surface area contributed by atoms with Crippen LogP contribution in [0.1, 0.15) is 30.5 Å². The highest BCUT2D eigenvalue weighted by atomic mass is 79.9. The van der Waals surface area contributed by atoms with Gasteiger partial charge in [-0.15, -0.1) is 0 Å². The molecule has 1 N–H and O–H groups in total. The lowest BCUT2D eigenvalue weighted by molar-refractivity contribution is -0.152. The molecule has 182 valence electrons. The molecule has 1 saturated heterocycles. The van der Waals surface area contributed by atoms with Crippen LogP contribution in [0.3, 0.4) is 0 Å². The van der Waals surface area contributed by atoms with E-state index in [2.05, 4.69) is 21.2 Å². The second-order valence-corrected chi connectivity index (χ2v) is 9.04. The van der Waals surface area contributed by atoms with Crippen LogP contribution in [-0.2, 0) is 25.5 Å². The lowest BCUT2D eigenvalue weighted by Crippen LogP contribution is -2.33. The molecule has 9 heteroatoms. The predicted octanol–water partition coefficient (Wildman–Crippen LogP) is 3.28. The summed E-state index contributed by atoms with van der Waals surface area (Å²) in [5, 5.41) is 2.81. The molecule has 2 aromatic carbocycles. The summed E-state index contributed by atoms with van der Waals surface area (Å²) in [6, 6.07) is 13.0. The van der Waals surface area contributed by atoms with Crippen molar-refractivity contribution in [3.05, 3.63) is 58.1 Å². The van der Waals surface area contributed by atoms with Crippen LogP contribution in [0.5, 0.6) is 11.5 Å². The number of amides is 2. The molecular formula is C25H29BrN2O6. The minimum atomic E-state index is -0.574. The molecule has 2 atom stereocenters. The first-order chi connectivity index (χ1) is 16.3. The number of methoxy groups -OCH3 is 2. The Morgan fingerprint density at radius 2 is 1.82 bits per heavy atom. The number of hydrogen-bond acceptors (Lipinski definition) is 6. The van der Waals surface area contributed by atoms with Gasteiger partial charge < -0.3 is 24.4 Å². The molecule has 0 aliphatic carbocycles. The summed E-state index contributed by atoms with van der Waals surface area (Å²) in [5.41, 5.74) is 1.93. The van der Waals surface area contributed by atoms with E-state index >= 15 is 0 Å². The van der Waals surface area contributed by atoms with Crippen LogP contribution >= 0.6 is 15.9 Å². The average Bonchev–Trinajstić information content (AvgIpc) is 3.21. The van der Waals surface area contributed by atoms with Gasteiger partial charge in [0.1, 0.15) is 0 Å². The van der Waals surface area contributed by atoms with Crippen molar-refractivity contribution in [2.75, 3.05) is 33.9 Å². The van der Waals surface area contributed by atoms with Gasteiger partial charge in [-0.3, -0.25) is 14.4 Å². The molecule has 0 unspecified atom stereocenters. The quantitative estimate of drug-likeness (QED) is 0.472. The van der Waals surface area contributed by atoms with Gasteiger partial charge in [-0.05, 0) is 48.7 Å². The molecule has 1 heterocycles. The number of halogens is 1. The highest BCUT2D eigenvalue weighted by Gasteiger charge is 2.35. The Labute approximate surface area is 207 Å². The first-order valence-corrected chi connectivity index (χ1v) is 11.8. The highest BCUT2D eigenvalue weighted by Crippen LogP contribution is 2.28. The van der Waals surface area contributed by atoms with E-state index in [1.807, 2.05) is 49.4 Å². The maximum atomic E-state index is 12.4. The molecule has 0 spiro atoms. The lowest BCUT2D eigenvalue weighted by atomic mass is 10.1. The number of benzene rings is 2. The second-order valence-electron chi connectivity index (χ2n) is 8.13. The molecule has 0 radical (unpaired) electrons. The maximum absolute atomic E-state index is 12.4. The van der Waals surface area contributed by atoms with Gasteiger partial charge in [0.2, 0.25) is 5.91 Å². The van der Waals surface area contributed by atoms with Gasteiger partial charge in [-0.1, -0.05) is 34.1 Å². The van der Waals surface area contributed by atoms with Gasteiger partial charge in [0, 0.05) is 24.0 Å². The largest absolute Gasteiger partial charge is 0.493 e. The van der Waals surface area contributed by atoms with Crippen molar-refractivity contribution in [3.8, 4) is 11.5 Å². The minimum absolute atomic E-state index is 0.0850. The molecule has 1 aliphatic rings. The standard InChI is InChI=1S/C25H29BrN2O6/c1-16(18-5-7-20(26)8-6-18)27-23(29)15-34-25(31)19-13-24(30)28(14-19)11-10-17-4-9-21(32-2)22(12-17)33-3/h4-9,12,16,19H,10-11,13-15H2,1-3H3,(H,27,29)/t16-,19+/m1/s1. The van der Waals surface area contributed by atoms with Crippen LogP contribution < -0.4 is 14.8 Å². The summed E-state index contributed by atoms with van der Waals surface area (Å²) in [6.45, 7) is 2.23. The SMILES string of the molecule is COc1ccc(CCN2C[C@@H](C(=O)OCC(=O)N[C@H](C)c3ccc(Br)cc3)CC2=O)cc1OC. The van der Waals surface area contributed by atoms with Crippen LogP contribution in [0, 0.1) is 5.92 Å². The highest BCUT2D eigenvalue weighted by molar-refractivity contribution is 9.10. The zero-order valence-electron chi connectivity index (χ0n) is 19.5. The molecular weight excluding hydrogens is 504 g/mol. The van der Waals surface area contributed by atoms with Crippen LogP contribution in [0.2, 0.25) is 0 Å². The Morgan fingerprint density at radius 1 is 1.12 bits per heavy atom. The second kappa shape index (κ2) is 11.9. The summed E-state index contributed by atoms with van der Waals surface area (Å²) in [5.74, 6) is -0.333. The third-order valence-corrected chi connectivity index (χ3v) is 6.29. The van der Waals surface area contributed by atoms with Gasteiger partial charge in [0.25, 0.3) is 5.91 Å². The summed E-state index contributed by atoms with van der Waals surface area (Å²) in [7, 11) is 3.15. The molecule has 3 rings (SSSR count). The van der Waals surface area contributed by atoms with Gasteiger partial charge in [0.05, 0.1) is 26.2 Å². The first kappa shape index (κ1) is 25.6. The fraction of sp³-hybridized carbons (Fsp3) is 0.400. The Balaban J connectivity index is 1.44. The van der Waals surface area contributed by atoms with E-state index in [4.69, 9.17) is 14.2 Å². The smallest absolute Gasteiger partial charge is 0.311 e. The molecule has 0 bridgehead atoms. The van der Waals surface area contributed by atoms with Crippen molar-refractivity contribution >= 4 is 33.7 Å². The van der Waals surface area contributed by atoms with Crippen LogP contribution in [0.25, 0.3) is 0 Å². The molecule has 1 aliphatic heterocycles. The van der Waals surface area contributed by atoms with Gasteiger partial charge >= 0.3 is 5.97 Å². The Hall–Kier alpha value is -3.07. The van der Waals surface area contributed by atoms with Crippen molar-refractivity contribution in [1.29, 1.82) is 0 Å². The van der Waals surface area contributed by atoms with Crippen LogP contribution in [0.15, 0.2) is 46.9 Å².